The van der Waals surface area contributed by atoms with Crippen LogP contribution in [0.2, 0.25) is 0 Å². The van der Waals surface area contributed by atoms with Crippen LogP contribution in [0, 0.1) is 0 Å². The van der Waals surface area contributed by atoms with Gasteiger partial charge < -0.3 is 10.4 Å². The number of benzene rings is 1. The van der Waals surface area contributed by atoms with Crippen LogP contribution in [0.25, 0.3) is 0 Å². The van der Waals surface area contributed by atoms with Gasteiger partial charge in [0.1, 0.15) is 4.90 Å². The molecule has 1 aromatic carbocycles. The Kier molecular flexibility index (Phi) is 5.24. The highest BCUT2D eigenvalue weighted by atomic mass is 32.2. The van der Waals surface area contributed by atoms with Crippen molar-refractivity contribution in [1.82, 2.24) is 4.72 Å². The first-order valence-electron chi connectivity index (χ1n) is 7.52. The van der Waals surface area contributed by atoms with E-state index < -0.39 is 15.6 Å². The predicted molar refractivity (Wildman–Crippen MR) is 83.8 cm³/mol. The fraction of sp³-hybridized carbons (Fsp3) is 0.600. The normalized spacial score (nSPS) is 17.8. The van der Waals surface area contributed by atoms with Crippen molar-refractivity contribution in [3.8, 4) is 0 Å². The van der Waals surface area contributed by atoms with Crippen molar-refractivity contribution in [2.24, 2.45) is 0 Å². The number of anilines is 1. The van der Waals surface area contributed by atoms with E-state index in [1.165, 1.54) is 0 Å². The molecule has 1 fully saturated rings. The molecule has 0 spiro atoms. The Morgan fingerprint density at radius 2 is 1.90 bits per heavy atom. The number of hydrogen-bond acceptors (Lipinski definition) is 4. The van der Waals surface area contributed by atoms with Crippen LogP contribution in [0.1, 0.15) is 39.0 Å². The van der Waals surface area contributed by atoms with Crippen molar-refractivity contribution < 1.29 is 13.5 Å². The minimum atomic E-state index is -3.51. The van der Waals surface area contributed by atoms with Gasteiger partial charge in [-0.1, -0.05) is 31.9 Å². The second-order valence-electron chi connectivity index (χ2n) is 5.68. The zero-order chi connectivity index (χ0) is 15.3. The first-order valence-corrected chi connectivity index (χ1v) is 9.00. The maximum atomic E-state index is 12.3. The van der Waals surface area contributed by atoms with Crippen molar-refractivity contribution in [3.05, 3.63) is 24.3 Å². The number of para-hydroxylation sites is 1. The number of nitrogens with one attached hydrogen (secondary N) is 2. The Bertz CT molecular complexity index is 566. The topological polar surface area (TPSA) is 78.4 Å². The maximum absolute atomic E-state index is 12.3. The predicted octanol–water partition coefficient (Wildman–Crippen LogP) is 2.09. The molecule has 1 aliphatic rings. The van der Waals surface area contributed by atoms with Gasteiger partial charge in [-0.3, -0.25) is 0 Å². The van der Waals surface area contributed by atoms with Crippen molar-refractivity contribution in [3.63, 3.8) is 0 Å². The fourth-order valence-electron chi connectivity index (χ4n) is 2.63. The lowest BCUT2D eigenvalue weighted by molar-refractivity contribution is 0.0614. The SMILES string of the molecule is CCCNS(=O)(=O)c1ccccc1NCC1(O)CCCC1. The van der Waals surface area contributed by atoms with Crippen molar-refractivity contribution in [1.29, 1.82) is 0 Å². The van der Waals surface area contributed by atoms with Gasteiger partial charge in [0.05, 0.1) is 11.3 Å². The molecule has 5 nitrogen and oxygen atoms in total. The molecule has 0 unspecified atom stereocenters. The molecule has 2 rings (SSSR count). The third kappa shape index (κ3) is 4.18. The van der Waals surface area contributed by atoms with Gasteiger partial charge in [0.15, 0.2) is 0 Å². The summed E-state index contributed by atoms with van der Waals surface area (Å²) in [5.41, 5.74) is -0.172. The number of rotatable bonds is 7. The van der Waals surface area contributed by atoms with Crippen LogP contribution in [0.4, 0.5) is 5.69 Å². The van der Waals surface area contributed by atoms with E-state index in [1.54, 1.807) is 24.3 Å². The zero-order valence-corrected chi connectivity index (χ0v) is 13.2. The first kappa shape index (κ1) is 16.3. The minimum Gasteiger partial charge on any atom is -0.388 e. The molecule has 0 bridgehead atoms. The van der Waals surface area contributed by atoms with Crippen molar-refractivity contribution in [2.45, 2.75) is 49.5 Å². The van der Waals surface area contributed by atoms with Crippen LogP contribution in [0.15, 0.2) is 29.2 Å². The molecule has 0 radical (unpaired) electrons. The van der Waals surface area contributed by atoms with Gasteiger partial charge in [0, 0.05) is 13.1 Å². The zero-order valence-electron chi connectivity index (χ0n) is 12.4. The van der Waals surface area contributed by atoms with Gasteiger partial charge >= 0.3 is 0 Å². The molecule has 0 aliphatic heterocycles. The molecule has 3 N–H and O–H groups in total. The minimum absolute atomic E-state index is 0.236. The van der Waals surface area contributed by atoms with Gasteiger partial charge in [-0.2, -0.15) is 0 Å². The van der Waals surface area contributed by atoms with E-state index in [4.69, 9.17) is 0 Å². The Labute approximate surface area is 126 Å². The van der Waals surface area contributed by atoms with Crippen LogP contribution < -0.4 is 10.0 Å². The van der Waals surface area contributed by atoms with E-state index in [1.807, 2.05) is 6.92 Å². The summed E-state index contributed by atoms with van der Waals surface area (Å²) in [6.07, 6.45) is 4.33. The Hall–Kier alpha value is -1.11. The average Bonchev–Trinajstić information content (AvgIpc) is 2.91. The molecule has 0 amide bonds. The summed E-state index contributed by atoms with van der Waals surface area (Å²) in [5, 5.41) is 13.5. The molecular weight excluding hydrogens is 288 g/mol. The smallest absolute Gasteiger partial charge is 0.242 e. The third-order valence-electron chi connectivity index (χ3n) is 3.86. The van der Waals surface area contributed by atoms with Gasteiger partial charge in [0.25, 0.3) is 0 Å². The summed E-state index contributed by atoms with van der Waals surface area (Å²) in [4.78, 5) is 0.236. The standard InChI is InChI=1S/C15H24N2O3S/c1-2-11-17-21(19,20)14-8-4-3-7-13(14)16-12-15(18)9-5-6-10-15/h3-4,7-8,16-18H,2,5-6,9-12H2,1H3. The largest absolute Gasteiger partial charge is 0.388 e. The lowest BCUT2D eigenvalue weighted by atomic mass is 10.0. The van der Waals surface area contributed by atoms with E-state index in [9.17, 15) is 13.5 Å². The van der Waals surface area contributed by atoms with E-state index in [0.29, 0.717) is 18.8 Å². The average molecular weight is 312 g/mol. The molecule has 0 heterocycles. The van der Waals surface area contributed by atoms with Gasteiger partial charge in [-0.15, -0.1) is 0 Å². The number of aliphatic hydroxyl groups is 1. The summed E-state index contributed by atoms with van der Waals surface area (Å²) in [6.45, 7) is 2.72. The van der Waals surface area contributed by atoms with Gasteiger partial charge in [-0.05, 0) is 31.4 Å². The highest BCUT2D eigenvalue weighted by molar-refractivity contribution is 7.89. The summed E-state index contributed by atoms with van der Waals surface area (Å²) in [6, 6.07) is 6.81. The summed E-state index contributed by atoms with van der Waals surface area (Å²) < 4.78 is 27.1. The van der Waals surface area contributed by atoms with Crippen molar-refractivity contribution >= 4 is 15.7 Å². The monoisotopic (exact) mass is 312 g/mol. The molecule has 21 heavy (non-hydrogen) atoms. The van der Waals surface area contributed by atoms with Crippen LogP contribution >= 0.6 is 0 Å². The van der Waals surface area contributed by atoms with E-state index >= 15 is 0 Å². The first-order chi connectivity index (χ1) is 9.97. The Morgan fingerprint density at radius 3 is 2.57 bits per heavy atom. The summed E-state index contributed by atoms with van der Waals surface area (Å²) >= 11 is 0. The van der Waals surface area contributed by atoms with Crippen LogP contribution in [-0.4, -0.2) is 32.2 Å². The Balaban J connectivity index is 2.13. The third-order valence-corrected chi connectivity index (χ3v) is 5.38. The second-order valence-corrected chi connectivity index (χ2v) is 7.41. The van der Waals surface area contributed by atoms with Gasteiger partial charge in [-0.25, -0.2) is 13.1 Å². The van der Waals surface area contributed by atoms with Gasteiger partial charge in [0.2, 0.25) is 10.0 Å². The molecular formula is C15H24N2O3S. The highest BCUT2D eigenvalue weighted by Gasteiger charge is 2.31. The molecule has 1 aliphatic carbocycles. The van der Waals surface area contributed by atoms with Crippen LogP contribution in [0.5, 0.6) is 0 Å². The lowest BCUT2D eigenvalue weighted by Crippen LogP contribution is -2.34. The highest BCUT2D eigenvalue weighted by Crippen LogP contribution is 2.30. The molecule has 118 valence electrons. The quantitative estimate of drug-likeness (QED) is 0.720. The van der Waals surface area contributed by atoms with E-state index in [-0.39, 0.29) is 4.90 Å². The van der Waals surface area contributed by atoms with Crippen LogP contribution in [0.3, 0.4) is 0 Å². The lowest BCUT2D eigenvalue weighted by Gasteiger charge is -2.24. The van der Waals surface area contributed by atoms with E-state index in [2.05, 4.69) is 10.0 Å². The van der Waals surface area contributed by atoms with Crippen LogP contribution in [-0.2, 0) is 10.0 Å². The molecule has 1 aromatic rings. The van der Waals surface area contributed by atoms with E-state index in [0.717, 1.165) is 32.1 Å². The Morgan fingerprint density at radius 1 is 1.24 bits per heavy atom. The number of hydrogen-bond donors (Lipinski definition) is 3. The molecule has 6 heteroatoms. The molecule has 0 saturated heterocycles. The number of sulfonamides is 1. The molecule has 0 atom stereocenters. The summed E-state index contributed by atoms with van der Waals surface area (Å²) in [7, 11) is -3.51. The van der Waals surface area contributed by atoms with Crippen molar-refractivity contribution in [2.75, 3.05) is 18.4 Å². The molecule has 1 saturated carbocycles. The second kappa shape index (κ2) is 6.77. The fourth-order valence-corrected chi connectivity index (χ4v) is 3.95. The maximum Gasteiger partial charge on any atom is 0.242 e. The summed E-state index contributed by atoms with van der Waals surface area (Å²) in [5.74, 6) is 0. The molecule has 0 aromatic heterocycles.